The molecule has 2 unspecified atom stereocenters. The van der Waals surface area contributed by atoms with Crippen LogP contribution in [0.15, 0.2) is 24.4 Å². The third kappa shape index (κ3) is 9.91. The molecule has 9 nitrogen and oxygen atoms in total. The molecule has 0 spiro atoms. The number of rotatable bonds is 3. The van der Waals surface area contributed by atoms with Gasteiger partial charge in [0.15, 0.2) is 0 Å². The maximum Gasteiger partial charge on any atom is 0.490 e. The fourth-order valence-electron chi connectivity index (χ4n) is 3.17. The molecule has 3 heterocycles. The second kappa shape index (κ2) is 11.1. The van der Waals surface area contributed by atoms with Gasteiger partial charge in [-0.3, -0.25) is 9.88 Å². The Hall–Kier alpha value is -2.46. The third-order valence-corrected chi connectivity index (χ3v) is 5.83. The van der Waals surface area contributed by atoms with Crippen molar-refractivity contribution in [1.29, 1.82) is 0 Å². The number of hydrogen-bond donors (Lipinski definition) is 2. The molecule has 0 aromatic carbocycles. The molecule has 0 bridgehead atoms. The number of aliphatic carboxylic acids is 2. The lowest BCUT2D eigenvalue weighted by atomic mass is 10.0. The van der Waals surface area contributed by atoms with Crippen LogP contribution in [-0.2, 0) is 26.2 Å². The van der Waals surface area contributed by atoms with Crippen LogP contribution in [0.4, 0.5) is 26.3 Å². The molecule has 2 saturated heterocycles. The Bertz CT molecular complexity index is 872. The molecule has 33 heavy (non-hydrogen) atoms. The number of pyridine rings is 1. The van der Waals surface area contributed by atoms with Crippen LogP contribution in [0.25, 0.3) is 0 Å². The minimum Gasteiger partial charge on any atom is -0.475 e. The van der Waals surface area contributed by atoms with Gasteiger partial charge >= 0.3 is 24.3 Å². The summed E-state index contributed by atoms with van der Waals surface area (Å²) in [7, 11) is -3.02. The highest BCUT2D eigenvalue weighted by Gasteiger charge is 2.42. The van der Waals surface area contributed by atoms with E-state index in [0.29, 0.717) is 24.9 Å². The minimum absolute atomic E-state index is 0.485. The average Bonchev–Trinajstić information content (AvgIpc) is 3.20. The zero-order valence-corrected chi connectivity index (χ0v) is 17.9. The van der Waals surface area contributed by atoms with Crippen molar-refractivity contribution in [3.8, 4) is 0 Å². The highest BCUT2D eigenvalue weighted by Crippen LogP contribution is 2.32. The Balaban J connectivity index is 0.000000324. The molecule has 0 amide bonds. The fourth-order valence-corrected chi connectivity index (χ4v) is 4.09. The van der Waals surface area contributed by atoms with Crippen molar-refractivity contribution in [3.05, 3.63) is 30.1 Å². The second-order valence-corrected chi connectivity index (χ2v) is 9.20. The molecule has 2 aliphatic rings. The minimum atomic E-state index is -5.08. The van der Waals surface area contributed by atoms with Gasteiger partial charge in [-0.2, -0.15) is 26.3 Å². The molecule has 0 radical (unpaired) electrons. The number of halogens is 6. The zero-order chi connectivity index (χ0) is 25.6. The SMILES string of the molecule is CS(=O)(=O)N1CC2CN(Cc3ccccn3)CC2C1.O=C(O)C(F)(F)F.O=C(O)C(F)(F)F. The summed E-state index contributed by atoms with van der Waals surface area (Å²) in [5, 5.41) is 14.2. The van der Waals surface area contributed by atoms with Crippen LogP contribution < -0.4 is 0 Å². The molecule has 1 aromatic heterocycles. The zero-order valence-electron chi connectivity index (χ0n) is 17.0. The van der Waals surface area contributed by atoms with Crippen LogP contribution in [-0.4, -0.2) is 89.5 Å². The molecular weight excluding hydrogens is 488 g/mol. The van der Waals surface area contributed by atoms with E-state index in [4.69, 9.17) is 19.8 Å². The number of alkyl halides is 6. The van der Waals surface area contributed by atoms with Crippen LogP contribution in [0.1, 0.15) is 5.69 Å². The van der Waals surface area contributed by atoms with Crippen LogP contribution in [0.3, 0.4) is 0 Å². The first-order valence-electron chi connectivity index (χ1n) is 9.09. The Morgan fingerprint density at radius 1 is 0.970 bits per heavy atom. The van der Waals surface area contributed by atoms with E-state index in [-0.39, 0.29) is 0 Å². The van der Waals surface area contributed by atoms with E-state index in [2.05, 4.69) is 9.88 Å². The fraction of sp³-hybridized carbons (Fsp3) is 0.588. The van der Waals surface area contributed by atoms with Crippen molar-refractivity contribution >= 4 is 22.0 Å². The summed E-state index contributed by atoms with van der Waals surface area (Å²) < 4.78 is 88.2. The van der Waals surface area contributed by atoms with Gasteiger partial charge in [0.1, 0.15) is 0 Å². The van der Waals surface area contributed by atoms with E-state index in [1.165, 1.54) is 6.26 Å². The van der Waals surface area contributed by atoms with E-state index in [1.807, 2.05) is 24.4 Å². The number of likely N-dealkylation sites (tertiary alicyclic amines) is 1. The van der Waals surface area contributed by atoms with Gasteiger partial charge in [-0.05, 0) is 24.0 Å². The molecule has 3 rings (SSSR count). The van der Waals surface area contributed by atoms with Crippen molar-refractivity contribution in [1.82, 2.24) is 14.2 Å². The highest BCUT2D eigenvalue weighted by atomic mass is 32.2. The normalized spacial score (nSPS) is 21.3. The first-order valence-corrected chi connectivity index (χ1v) is 10.9. The molecule has 0 saturated carbocycles. The van der Waals surface area contributed by atoms with Crippen LogP contribution >= 0.6 is 0 Å². The quantitative estimate of drug-likeness (QED) is 0.589. The van der Waals surface area contributed by atoms with E-state index in [1.54, 1.807) is 4.31 Å². The molecule has 16 heteroatoms. The number of sulfonamides is 1. The van der Waals surface area contributed by atoms with Crippen molar-refractivity contribution in [3.63, 3.8) is 0 Å². The Labute approximate surface area is 184 Å². The molecule has 2 aliphatic heterocycles. The number of fused-ring (bicyclic) bond motifs is 1. The third-order valence-electron chi connectivity index (χ3n) is 4.59. The van der Waals surface area contributed by atoms with Crippen LogP contribution in [0, 0.1) is 11.8 Å². The van der Waals surface area contributed by atoms with Gasteiger partial charge < -0.3 is 10.2 Å². The van der Waals surface area contributed by atoms with Crippen LogP contribution in [0.5, 0.6) is 0 Å². The smallest absolute Gasteiger partial charge is 0.475 e. The van der Waals surface area contributed by atoms with Crippen molar-refractivity contribution < 1.29 is 54.6 Å². The lowest BCUT2D eigenvalue weighted by Crippen LogP contribution is -2.32. The maximum atomic E-state index is 11.5. The molecule has 1 aromatic rings. The highest BCUT2D eigenvalue weighted by molar-refractivity contribution is 7.88. The lowest BCUT2D eigenvalue weighted by molar-refractivity contribution is -0.193. The van der Waals surface area contributed by atoms with Gasteiger partial charge in [0.05, 0.1) is 11.9 Å². The van der Waals surface area contributed by atoms with E-state index < -0.39 is 34.3 Å². The summed E-state index contributed by atoms with van der Waals surface area (Å²) in [5.74, 6) is -4.54. The first-order chi connectivity index (χ1) is 14.9. The first kappa shape index (κ1) is 28.6. The van der Waals surface area contributed by atoms with Gasteiger partial charge in [0, 0.05) is 38.9 Å². The van der Waals surface area contributed by atoms with E-state index in [9.17, 15) is 34.8 Å². The largest absolute Gasteiger partial charge is 0.490 e. The summed E-state index contributed by atoms with van der Waals surface area (Å²) in [6, 6.07) is 5.97. The van der Waals surface area contributed by atoms with Gasteiger partial charge in [-0.1, -0.05) is 6.07 Å². The molecule has 0 aliphatic carbocycles. The molecule has 188 valence electrons. The number of nitrogens with zero attached hydrogens (tertiary/aromatic N) is 3. The van der Waals surface area contributed by atoms with Gasteiger partial charge in [0.25, 0.3) is 0 Å². The van der Waals surface area contributed by atoms with E-state index >= 15 is 0 Å². The Morgan fingerprint density at radius 2 is 1.39 bits per heavy atom. The predicted octanol–water partition coefficient (Wildman–Crippen LogP) is 1.67. The van der Waals surface area contributed by atoms with E-state index in [0.717, 1.165) is 25.3 Å². The topological polar surface area (TPSA) is 128 Å². The summed E-state index contributed by atoms with van der Waals surface area (Å²) in [5.41, 5.74) is 1.09. The van der Waals surface area contributed by atoms with Crippen molar-refractivity contribution in [2.75, 3.05) is 32.4 Å². The number of hydrogen-bond acceptors (Lipinski definition) is 6. The summed E-state index contributed by atoms with van der Waals surface area (Å²) in [6.07, 6.45) is -7.04. The Kier molecular flexibility index (Phi) is 9.62. The predicted molar refractivity (Wildman–Crippen MR) is 100 cm³/mol. The van der Waals surface area contributed by atoms with Gasteiger partial charge in [0.2, 0.25) is 10.0 Å². The summed E-state index contributed by atoms with van der Waals surface area (Å²) in [6.45, 7) is 4.19. The number of carbonyl (C=O) groups is 2. The lowest BCUT2D eigenvalue weighted by Gasteiger charge is -2.19. The maximum absolute atomic E-state index is 11.5. The van der Waals surface area contributed by atoms with Crippen molar-refractivity contribution in [2.24, 2.45) is 11.8 Å². The monoisotopic (exact) mass is 509 g/mol. The summed E-state index contributed by atoms with van der Waals surface area (Å²) in [4.78, 5) is 24.5. The number of carboxylic acid groups (broad SMARTS) is 2. The average molecular weight is 509 g/mol. The summed E-state index contributed by atoms with van der Waals surface area (Å²) >= 11 is 0. The van der Waals surface area contributed by atoms with Crippen molar-refractivity contribution in [2.45, 2.75) is 18.9 Å². The molecule has 2 atom stereocenters. The Morgan fingerprint density at radius 3 is 1.70 bits per heavy atom. The van der Waals surface area contributed by atoms with Crippen LogP contribution in [0.2, 0.25) is 0 Å². The second-order valence-electron chi connectivity index (χ2n) is 7.22. The molecule has 2 N–H and O–H groups in total. The van der Waals surface area contributed by atoms with Gasteiger partial charge in [-0.15, -0.1) is 0 Å². The number of aromatic nitrogens is 1. The van der Waals surface area contributed by atoms with Gasteiger partial charge in [-0.25, -0.2) is 22.3 Å². The number of carboxylic acids is 2. The molecular formula is C17H21F6N3O6S. The molecule has 2 fully saturated rings. The standard InChI is InChI=1S/C13H19N3O2S.2C2HF3O2/c1-19(17,18)16-8-11-6-15(7-12(11)9-16)10-13-4-2-3-5-14-13;2*3-2(4,5)1(6)7/h2-5,11-12H,6-10H2,1H3;2*(H,6,7).